The van der Waals surface area contributed by atoms with E-state index in [0.717, 1.165) is 31.2 Å². The first-order valence-electron chi connectivity index (χ1n) is 8.69. The Labute approximate surface area is 141 Å². The van der Waals surface area contributed by atoms with E-state index in [9.17, 15) is 9.90 Å². The average molecular weight is 326 g/mol. The number of fused-ring (bicyclic) bond motifs is 1. The molecule has 126 valence electrons. The van der Waals surface area contributed by atoms with Crippen molar-refractivity contribution in [3.63, 3.8) is 0 Å². The number of carbonyl (C=O) groups excluding carboxylic acids is 1. The fraction of sp³-hybridized carbons (Fsp3) is 0.474. The summed E-state index contributed by atoms with van der Waals surface area (Å²) in [6, 6.07) is 11.6. The SMILES string of the molecule is O=C(c1ccon1)N1CCC(O)(c2ccccc2)[C@@H]2CCCC[C@H]21. The molecular weight excluding hydrogens is 304 g/mol. The van der Waals surface area contributed by atoms with Crippen LogP contribution in [0.25, 0.3) is 0 Å². The first-order chi connectivity index (χ1) is 11.7. The Bertz CT molecular complexity index is 701. The minimum Gasteiger partial charge on any atom is -0.385 e. The van der Waals surface area contributed by atoms with Crippen LogP contribution in [0.1, 0.15) is 48.2 Å². The summed E-state index contributed by atoms with van der Waals surface area (Å²) in [4.78, 5) is 14.7. The van der Waals surface area contributed by atoms with Gasteiger partial charge in [-0.1, -0.05) is 48.3 Å². The maximum atomic E-state index is 12.8. The van der Waals surface area contributed by atoms with Gasteiger partial charge in [-0.15, -0.1) is 0 Å². The lowest BCUT2D eigenvalue weighted by Gasteiger charge is -2.52. The molecule has 0 spiro atoms. The van der Waals surface area contributed by atoms with Crippen LogP contribution in [0.2, 0.25) is 0 Å². The van der Waals surface area contributed by atoms with E-state index >= 15 is 0 Å². The van der Waals surface area contributed by atoms with Crippen LogP contribution in [0.5, 0.6) is 0 Å². The predicted molar refractivity (Wildman–Crippen MR) is 88.2 cm³/mol. The lowest BCUT2D eigenvalue weighted by molar-refractivity contribution is -0.110. The molecule has 0 bridgehead atoms. The first-order valence-corrected chi connectivity index (χ1v) is 8.69. The Morgan fingerprint density at radius 1 is 1.21 bits per heavy atom. The average Bonchev–Trinajstić information content (AvgIpc) is 3.17. The zero-order chi connectivity index (χ0) is 16.6. The second-order valence-electron chi connectivity index (χ2n) is 6.88. The zero-order valence-corrected chi connectivity index (χ0v) is 13.6. The van der Waals surface area contributed by atoms with Crippen molar-refractivity contribution in [3.8, 4) is 0 Å². The summed E-state index contributed by atoms with van der Waals surface area (Å²) in [6.45, 7) is 0.540. The minimum atomic E-state index is -0.854. The second kappa shape index (κ2) is 6.06. The molecular formula is C19H22N2O3. The van der Waals surface area contributed by atoms with Gasteiger partial charge < -0.3 is 14.5 Å². The van der Waals surface area contributed by atoms with Crippen LogP contribution in [-0.2, 0) is 5.60 Å². The van der Waals surface area contributed by atoms with Crippen LogP contribution in [0.15, 0.2) is 47.2 Å². The van der Waals surface area contributed by atoms with Gasteiger partial charge in [-0.3, -0.25) is 4.79 Å². The number of amides is 1. The normalized spacial score (nSPS) is 30.0. The summed E-state index contributed by atoms with van der Waals surface area (Å²) in [5, 5.41) is 15.3. The summed E-state index contributed by atoms with van der Waals surface area (Å²) < 4.78 is 4.83. The van der Waals surface area contributed by atoms with Crippen molar-refractivity contribution >= 4 is 5.91 Å². The highest BCUT2D eigenvalue weighted by molar-refractivity contribution is 5.92. The second-order valence-corrected chi connectivity index (χ2v) is 6.88. The van der Waals surface area contributed by atoms with Gasteiger partial charge in [-0.2, -0.15) is 0 Å². The van der Waals surface area contributed by atoms with Gasteiger partial charge in [0.05, 0.1) is 5.60 Å². The van der Waals surface area contributed by atoms with E-state index in [0.29, 0.717) is 18.7 Å². The van der Waals surface area contributed by atoms with Gasteiger partial charge in [-0.25, -0.2) is 0 Å². The number of aromatic nitrogens is 1. The largest absolute Gasteiger partial charge is 0.385 e. The summed E-state index contributed by atoms with van der Waals surface area (Å²) in [5.74, 6) is -0.0194. The van der Waals surface area contributed by atoms with E-state index in [-0.39, 0.29) is 17.9 Å². The van der Waals surface area contributed by atoms with Crippen molar-refractivity contribution in [2.45, 2.75) is 43.7 Å². The van der Waals surface area contributed by atoms with Crippen molar-refractivity contribution in [1.82, 2.24) is 10.1 Å². The summed E-state index contributed by atoms with van der Waals surface area (Å²) >= 11 is 0. The smallest absolute Gasteiger partial charge is 0.276 e. The number of carbonyl (C=O) groups is 1. The van der Waals surface area contributed by atoms with Gasteiger partial charge >= 0.3 is 0 Å². The molecule has 4 rings (SSSR count). The molecule has 1 aromatic heterocycles. The summed E-state index contributed by atoms with van der Waals surface area (Å²) in [6.07, 6.45) is 6.05. The van der Waals surface area contributed by atoms with Gasteiger partial charge in [-0.05, 0) is 24.8 Å². The number of hydrogen-bond donors (Lipinski definition) is 1. The highest BCUT2D eigenvalue weighted by Crippen LogP contribution is 2.47. The maximum absolute atomic E-state index is 12.8. The van der Waals surface area contributed by atoms with Crippen LogP contribution in [0.3, 0.4) is 0 Å². The zero-order valence-electron chi connectivity index (χ0n) is 13.6. The highest BCUT2D eigenvalue weighted by Gasteiger charge is 2.50. The van der Waals surface area contributed by atoms with E-state index in [1.807, 2.05) is 35.2 Å². The quantitative estimate of drug-likeness (QED) is 0.921. The van der Waals surface area contributed by atoms with Gasteiger partial charge in [0.2, 0.25) is 0 Å². The molecule has 5 heteroatoms. The summed E-state index contributed by atoms with van der Waals surface area (Å²) in [5.41, 5.74) is 0.465. The highest BCUT2D eigenvalue weighted by atomic mass is 16.5. The molecule has 24 heavy (non-hydrogen) atoms. The molecule has 1 unspecified atom stereocenters. The lowest BCUT2D eigenvalue weighted by Crippen LogP contribution is -2.59. The van der Waals surface area contributed by atoms with Crippen LogP contribution >= 0.6 is 0 Å². The van der Waals surface area contributed by atoms with Crippen molar-refractivity contribution in [3.05, 3.63) is 53.9 Å². The van der Waals surface area contributed by atoms with Gasteiger partial charge in [0.25, 0.3) is 5.91 Å². The molecule has 2 fully saturated rings. The van der Waals surface area contributed by atoms with Crippen LogP contribution in [-0.4, -0.2) is 33.7 Å². The van der Waals surface area contributed by atoms with E-state index in [2.05, 4.69) is 5.16 Å². The number of likely N-dealkylation sites (tertiary alicyclic amines) is 1. The van der Waals surface area contributed by atoms with Crippen molar-refractivity contribution in [2.24, 2.45) is 5.92 Å². The monoisotopic (exact) mass is 326 g/mol. The number of benzene rings is 1. The Hall–Kier alpha value is -2.14. The number of hydrogen-bond acceptors (Lipinski definition) is 4. The van der Waals surface area contributed by atoms with E-state index in [4.69, 9.17) is 4.52 Å². The van der Waals surface area contributed by atoms with E-state index in [1.165, 1.54) is 6.26 Å². The molecule has 1 N–H and O–H groups in total. The number of piperidine rings is 1. The molecule has 5 nitrogen and oxygen atoms in total. The third-order valence-corrected chi connectivity index (χ3v) is 5.67. The fourth-order valence-electron chi connectivity index (χ4n) is 4.49. The predicted octanol–water partition coefficient (Wildman–Crippen LogP) is 2.97. The van der Waals surface area contributed by atoms with Crippen molar-refractivity contribution in [1.29, 1.82) is 0 Å². The third kappa shape index (κ3) is 2.44. The van der Waals surface area contributed by atoms with Gasteiger partial charge in [0.1, 0.15) is 6.26 Å². The Kier molecular flexibility index (Phi) is 3.88. The number of rotatable bonds is 2. The molecule has 1 saturated carbocycles. The van der Waals surface area contributed by atoms with Crippen LogP contribution in [0.4, 0.5) is 0 Å². The molecule has 2 heterocycles. The minimum absolute atomic E-state index is 0.0573. The lowest BCUT2D eigenvalue weighted by atomic mass is 9.66. The van der Waals surface area contributed by atoms with E-state index in [1.54, 1.807) is 6.07 Å². The van der Waals surface area contributed by atoms with Crippen molar-refractivity contribution in [2.75, 3.05) is 6.54 Å². The van der Waals surface area contributed by atoms with Crippen LogP contribution < -0.4 is 0 Å². The molecule has 1 saturated heterocycles. The molecule has 3 atom stereocenters. The standard InChI is InChI=1S/C19H22N2O3/c22-18(16-10-13-24-20-16)21-12-11-19(23,14-6-2-1-3-7-14)15-8-4-5-9-17(15)21/h1-3,6-7,10,13,15,17,23H,4-5,8-9,11-12H2/t15-,17-,19?/m1/s1. The summed E-state index contributed by atoms with van der Waals surface area (Å²) in [7, 11) is 0. The first kappa shape index (κ1) is 15.4. The Morgan fingerprint density at radius 3 is 2.75 bits per heavy atom. The number of aliphatic hydroxyl groups is 1. The van der Waals surface area contributed by atoms with Gasteiger partial charge in [0.15, 0.2) is 5.69 Å². The van der Waals surface area contributed by atoms with Gasteiger partial charge in [0, 0.05) is 24.6 Å². The molecule has 2 aromatic rings. The third-order valence-electron chi connectivity index (χ3n) is 5.67. The maximum Gasteiger partial charge on any atom is 0.276 e. The Balaban J connectivity index is 1.66. The van der Waals surface area contributed by atoms with Crippen LogP contribution in [0, 0.1) is 5.92 Å². The number of nitrogens with zero attached hydrogens (tertiary/aromatic N) is 2. The molecule has 1 aliphatic heterocycles. The van der Waals surface area contributed by atoms with E-state index < -0.39 is 5.60 Å². The molecule has 1 amide bonds. The molecule has 0 radical (unpaired) electrons. The topological polar surface area (TPSA) is 66.6 Å². The molecule has 1 aromatic carbocycles. The molecule has 2 aliphatic rings. The fourth-order valence-corrected chi connectivity index (χ4v) is 4.49. The molecule has 1 aliphatic carbocycles. The van der Waals surface area contributed by atoms with Crippen molar-refractivity contribution < 1.29 is 14.4 Å². The Morgan fingerprint density at radius 2 is 2.00 bits per heavy atom.